The van der Waals surface area contributed by atoms with E-state index in [0.29, 0.717) is 60.3 Å². The molecule has 0 unspecified atom stereocenters. The molecule has 0 amide bonds. The molecular weight excluding hydrogens is 617 g/mol. The maximum absolute atomic E-state index is 14.4. The number of imidazole rings is 1. The third-order valence-electron chi connectivity index (χ3n) is 7.95. The Labute approximate surface area is 266 Å². The highest BCUT2D eigenvalue weighted by Gasteiger charge is 2.36. The fraction of sp³-hybridized carbons (Fsp3) is 0.242. The SMILES string of the molecule is CCN1CCN(c2ccc(-n3c(=O)n(C)c4cnc5ccc(-c6cccnc6)cc5c43)cc2C(F)(F)F)CC1.O=C(O)/C=C\C(=O)O. The van der Waals surface area contributed by atoms with Crippen molar-refractivity contribution in [2.24, 2.45) is 7.05 Å². The Morgan fingerprint density at radius 3 is 2.23 bits per heavy atom. The van der Waals surface area contributed by atoms with Crippen molar-refractivity contribution in [2.45, 2.75) is 13.1 Å². The molecule has 5 aromatic rings. The molecule has 1 aliphatic rings. The zero-order chi connectivity index (χ0) is 33.9. The van der Waals surface area contributed by atoms with Gasteiger partial charge in [-0.1, -0.05) is 19.1 Å². The number of carboxylic acid groups (broad SMARTS) is 2. The molecule has 14 heteroatoms. The predicted molar refractivity (Wildman–Crippen MR) is 171 cm³/mol. The largest absolute Gasteiger partial charge is 0.478 e. The molecule has 0 atom stereocenters. The standard InChI is InChI=1S/C29H27F3N6O.C4H4O4/c1-3-36-11-13-37(14-12-36)25-9-7-21(16-23(25)29(30,31)32)38-27-22-15-19(20-5-4-10-33-17-20)6-8-24(22)34-18-26(27)35(2)28(38)39;5-3(6)1-2-4(7)8/h4-10,15-18H,3,11-14H2,1-2H3;1-2H,(H,5,6)(H,7,8)/b;2-1-. The van der Waals surface area contributed by atoms with Crippen LogP contribution in [0.15, 0.2) is 84.1 Å². The lowest BCUT2D eigenvalue weighted by atomic mass is 10.0. The predicted octanol–water partition coefficient (Wildman–Crippen LogP) is 4.81. The number of aromatic nitrogens is 4. The Morgan fingerprint density at radius 2 is 1.64 bits per heavy atom. The number of nitrogens with zero attached hydrogens (tertiary/aromatic N) is 6. The van der Waals surface area contributed by atoms with Gasteiger partial charge in [-0.2, -0.15) is 13.2 Å². The summed E-state index contributed by atoms with van der Waals surface area (Å²) in [4.78, 5) is 45.3. The van der Waals surface area contributed by atoms with E-state index in [1.807, 2.05) is 37.3 Å². The molecule has 0 spiro atoms. The number of piperazine rings is 1. The van der Waals surface area contributed by atoms with Crippen LogP contribution in [0, 0.1) is 0 Å². The van der Waals surface area contributed by atoms with Crippen molar-refractivity contribution in [2.75, 3.05) is 37.6 Å². The first kappa shape index (κ1) is 32.9. The summed E-state index contributed by atoms with van der Waals surface area (Å²) in [7, 11) is 1.60. The van der Waals surface area contributed by atoms with Gasteiger partial charge in [0.1, 0.15) is 0 Å². The Balaban J connectivity index is 0.000000483. The summed E-state index contributed by atoms with van der Waals surface area (Å²) >= 11 is 0. The first-order valence-corrected chi connectivity index (χ1v) is 14.6. The Kier molecular flexibility index (Phi) is 9.42. The van der Waals surface area contributed by atoms with E-state index in [1.165, 1.54) is 15.2 Å². The number of aryl methyl sites for hydroxylation is 1. The van der Waals surface area contributed by atoms with Crippen LogP contribution in [0.5, 0.6) is 0 Å². The summed E-state index contributed by atoms with van der Waals surface area (Å²) in [5.74, 6) is -2.51. The van der Waals surface area contributed by atoms with Gasteiger partial charge in [-0.3, -0.25) is 19.1 Å². The number of anilines is 1. The van der Waals surface area contributed by atoms with E-state index in [9.17, 15) is 27.6 Å². The summed E-state index contributed by atoms with van der Waals surface area (Å²) in [5.41, 5.74) is 2.54. The molecule has 3 aromatic heterocycles. The van der Waals surface area contributed by atoms with Gasteiger partial charge in [-0.15, -0.1) is 0 Å². The van der Waals surface area contributed by atoms with Crippen molar-refractivity contribution in [3.05, 3.63) is 95.3 Å². The third kappa shape index (κ3) is 7.02. The minimum atomic E-state index is -4.58. The molecule has 2 aromatic carbocycles. The second-order valence-corrected chi connectivity index (χ2v) is 10.8. The van der Waals surface area contributed by atoms with Gasteiger partial charge < -0.3 is 20.0 Å². The van der Waals surface area contributed by atoms with Gasteiger partial charge in [-0.25, -0.2) is 14.4 Å². The summed E-state index contributed by atoms with van der Waals surface area (Å²) < 4.78 is 46.0. The van der Waals surface area contributed by atoms with Crippen LogP contribution in [0.2, 0.25) is 0 Å². The minimum absolute atomic E-state index is 0.140. The van der Waals surface area contributed by atoms with E-state index in [-0.39, 0.29) is 11.4 Å². The maximum Gasteiger partial charge on any atom is 0.418 e. The van der Waals surface area contributed by atoms with Crippen molar-refractivity contribution < 1.29 is 33.0 Å². The monoisotopic (exact) mass is 648 g/mol. The molecule has 1 saturated heterocycles. The molecule has 0 aliphatic carbocycles. The topological polar surface area (TPSA) is 134 Å². The molecule has 0 bridgehead atoms. The van der Waals surface area contributed by atoms with Crippen molar-refractivity contribution >= 4 is 39.6 Å². The average Bonchev–Trinajstić information content (AvgIpc) is 3.33. The number of carboxylic acids is 2. The van der Waals surface area contributed by atoms with Gasteiger partial charge in [0, 0.05) is 74.4 Å². The van der Waals surface area contributed by atoms with Crippen LogP contribution < -0.4 is 10.6 Å². The normalized spacial score (nSPS) is 14.0. The number of halogens is 3. The Bertz CT molecular complexity index is 2010. The van der Waals surface area contributed by atoms with Crippen LogP contribution in [0.4, 0.5) is 18.9 Å². The molecule has 0 radical (unpaired) electrons. The number of aliphatic carboxylic acids is 2. The average molecular weight is 649 g/mol. The molecule has 244 valence electrons. The third-order valence-corrected chi connectivity index (χ3v) is 7.95. The van der Waals surface area contributed by atoms with Crippen LogP contribution in [-0.4, -0.2) is 78.9 Å². The Hall–Kier alpha value is -5.50. The lowest BCUT2D eigenvalue weighted by Gasteiger charge is -2.36. The highest BCUT2D eigenvalue weighted by Crippen LogP contribution is 2.39. The number of hydrogen-bond acceptors (Lipinski definition) is 7. The van der Waals surface area contributed by atoms with Crippen LogP contribution in [0.1, 0.15) is 12.5 Å². The number of alkyl halides is 3. The maximum atomic E-state index is 14.4. The molecule has 0 saturated carbocycles. The number of pyridine rings is 2. The number of likely N-dealkylation sites (N-methyl/N-ethyl adjacent to an activating group) is 1. The van der Waals surface area contributed by atoms with Gasteiger partial charge in [0.05, 0.1) is 34.0 Å². The second kappa shape index (κ2) is 13.5. The fourth-order valence-corrected chi connectivity index (χ4v) is 5.56. The van der Waals surface area contributed by atoms with Crippen molar-refractivity contribution in [1.82, 2.24) is 24.0 Å². The number of benzene rings is 2. The fourth-order valence-electron chi connectivity index (χ4n) is 5.56. The molecular formula is C33H31F3N6O5. The smallest absolute Gasteiger partial charge is 0.418 e. The van der Waals surface area contributed by atoms with Gasteiger partial charge in [0.15, 0.2) is 0 Å². The van der Waals surface area contributed by atoms with Crippen molar-refractivity contribution in [1.29, 1.82) is 0 Å². The number of hydrogen-bond donors (Lipinski definition) is 2. The lowest BCUT2D eigenvalue weighted by molar-refractivity contribution is -0.137. The number of carbonyl (C=O) groups is 2. The number of fused-ring (bicyclic) bond motifs is 3. The first-order chi connectivity index (χ1) is 22.4. The van der Waals surface area contributed by atoms with E-state index >= 15 is 0 Å². The van der Waals surface area contributed by atoms with Gasteiger partial charge >= 0.3 is 23.8 Å². The van der Waals surface area contributed by atoms with Gasteiger partial charge in [-0.05, 0) is 48.5 Å². The molecule has 47 heavy (non-hydrogen) atoms. The molecule has 1 fully saturated rings. The molecule has 6 rings (SSSR count). The van der Waals surface area contributed by atoms with E-state index in [2.05, 4.69) is 14.9 Å². The van der Waals surface area contributed by atoms with Crippen LogP contribution >= 0.6 is 0 Å². The lowest BCUT2D eigenvalue weighted by Crippen LogP contribution is -2.46. The first-order valence-electron chi connectivity index (χ1n) is 14.6. The van der Waals surface area contributed by atoms with Crippen molar-refractivity contribution in [3.8, 4) is 16.8 Å². The molecule has 2 N–H and O–H groups in total. The highest BCUT2D eigenvalue weighted by atomic mass is 19.4. The minimum Gasteiger partial charge on any atom is -0.478 e. The van der Waals surface area contributed by atoms with Gasteiger partial charge in [0.25, 0.3) is 0 Å². The van der Waals surface area contributed by atoms with Crippen LogP contribution in [-0.2, 0) is 22.8 Å². The van der Waals surface area contributed by atoms with Crippen LogP contribution in [0.3, 0.4) is 0 Å². The zero-order valence-electron chi connectivity index (χ0n) is 25.5. The van der Waals surface area contributed by atoms with E-state index in [4.69, 9.17) is 10.2 Å². The summed E-state index contributed by atoms with van der Waals surface area (Å²) in [6.45, 7) is 5.35. The quantitative estimate of drug-likeness (QED) is 0.249. The summed E-state index contributed by atoms with van der Waals surface area (Å²) in [5, 5.41) is 16.3. The second-order valence-electron chi connectivity index (χ2n) is 10.8. The van der Waals surface area contributed by atoms with E-state index < -0.39 is 29.4 Å². The molecule has 11 nitrogen and oxygen atoms in total. The van der Waals surface area contributed by atoms with E-state index in [1.54, 1.807) is 36.6 Å². The van der Waals surface area contributed by atoms with Gasteiger partial charge in [0.2, 0.25) is 0 Å². The zero-order valence-corrected chi connectivity index (χ0v) is 25.5. The Morgan fingerprint density at radius 1 is 0.936 bits per heavy atom. The molecule has 4 heterocycles. The summed E-state index contributed by atoms with van der Waals surface area (Å²) in [6, 6.07) is 13.6. The number of rotatable bonds is 6. The highest BCUT2D eigenvalue weighted by molar-refractivity contribution is 6.04. The molecule has 1 aliphatic heterocycles. The van der Waals surface area contributed by atoms with Crippen LogP contribution in [0.25, 0.3) is 38.8 Å². The summed E-state index contributed by atoms with van der Waals surface area (Å²) in [6.07, 6.45) is 1.54. The van der Waals surface area contributed by atoms with Crippen molar-refractivity contribution in [3.63, 3.8) is 0 Å². The van der Waals surface area contributed by atoms with E-state index in [0.717, 1.165) is 23.7 Å².